The van der Waals surface area contributed by atoms with E-state index in [-0.39, 0.29) is 37.6 Å². The van der Waals surface area contributed by atoms with Gasteiger partial charge in [0.25, 0.3) is 5.91 Å². The second kappa shape index (κ2) is 9.03. The van der Waals surface area contributed by atoms with E-state index in [1.165, 1.54) is 0 Å². The summed E-state index contributed by atoms with van der Waals surface area (Å²) in [5, 5.41) is 6.59. The van der Waals surface area contributed by atoms with E-state index < -0.39 is 0 Å². The minimum Gasteiger partial charge on any atom is -0.488 e. The standard InChI is InChI=1S/C19H24N2O5/c1-12(2)25-18(22)9-10-20-19(23)15-7-5-6-8-17(15)24-11-16-13(3)21-26-14(16)4/h5-8,12H,9-11H2,1-4H3,(H,20,23). The molecule has 0 aliphatic heterocycles. The van der Waals surface area contributed by atoms with Crippen LogP contribution in [0.2, 0.25) is 0 Å². The van der Waals surface area contributed by atoms with Crippen LogP contribution in [0.15, 0.2) is 28.8 Å². The number of hydrogen-bond donors (Lipinski definition) is 1. The fourth-order valence-corrected chi connectivity index (χ4v) is 2.33. The Kier molecular flexibility index (Phi) is 6.77. The molecule has 0 radical (unpaired) electrons. The van der Waals surface area contributed by atoms with Gasteiger partial charge in [0.05, 0.1) is 29.3 Å². The van der Waals surface area contributed by atoms with Gasteiger partial charge in [0.1, 0.15) is 18.1 Å². The molecule has 0 saturated heterocycles. The number of hydrogen-bond acceptors (Lipinski definition) is 6. The molecule has 1 amide bonds. The van der Waals surface area contributed by atoms with E-state index in [0.717, 1.165) is 11.3 Å². The summed E-state index contributed by atoms with van der Waals surface area (Å²) in [7, 11) is 0. The van der Waals surface area contributed by atoms with Crippen molar-refractivity contribution < 1.29 is 23.6 Å². The van der Waals surface area contributed by atoms with Crippen LogP contribution in [0.25, 0.3) is 0 Å². The molecule has 1 N–H and O–H groups in total. The van der Waals surface area contributed by atoms with Crippen LogP contribution >= 0.6 is 0 Å². The molecule has 1 heterocycles. The molecule has 0 fully saturated rings. The van der Waals surface area contributed by atoms with Gasteiger partial charge >= 0.3 is 5.97 Å². The normalized spacial score (nSPS) is 10.7. The highest BCUT2D eigenvalue weighted by Crippen LogP contribution is 2.21. The quantitative estimate of drug-likeness (QED) is 0.728. The summed E-state index contributed by atoms with van der Waals surface area (Å²) in [6.45, 7) is 7.67. The molecule has 0 spiro atoms. The lowest BCUT2D eigenvalue weighted by atomic mass is 10.1. The molecular formula is C19H24N2O5. The van der Waals surface area contributed by atoms with E-state index >= 15 is 0 Å². The number of amides is 1. The molecule has 1 aromatic carbocycles. The number of rotatable bonds is 8. The number of carbonyl (C=O) groups excluding carboxylic acids is 2. The van der Waals surface area contributed by atoms with Crippen molar-refractivity contribution in [2.45, 2.75) is 46.8 Å². The number of nitrogens with zero attached hydrogens (tertiary/aromatic N) is 1. The first kappa shape index (κ1) is 19.5. The molecule has 140 valence electrons. The average molecular weight is 360 g/mol. The van der Waals surface area contributed by atoms with Gasteiger partial charge in [-0.2, -0.15) is 0 Å². The zero-order chi connectivity index (χ0) is 19.1. The third kappa shape index (κ3) is 5.34. The summed E-state index contributed by atoms with van der Waals surface area (Å²) in [6.07, 6.45) is -0.0527. The Morgan fingerprint density at radius 2 is 1.96 bits per heavy atom. The second-order valence-electron chi connectivity index (χ2n) is 6.13. The largest absolute Gasteiger partial charge is 0.488 e. The summed E-state index contributed by atoms with van der Waals surface area (Å²) in [5.74, 6) is 0.489. The number of aromatic nitrogens is 1. The summed E-state index contributed by atoms with van der Waals surface area (Å²) in [4.78, 5) is 23.9. The van der Waals surface area contributed by atoms with Gasteiger partial charge in [-0.1, -0.05) is 17.3 Å². The van der Waals surface area contributed by atoms with Crippen molar-refractivity contribution in [1.29, 1.82) is 0 Å². The number of ether oxygens (including phenoxy) is 2. The topological polar surface area (TPSA) is 90.7 Å². The second-order valence-corrected chi connectivity index (χ2v) is 6.13. The van der Waals surface area contributed by atoms with Crippen molar-refractivity contribution in [2.75, 3.05) is 6.54 Å². The maximum absolute atomic E-state index is 12.4. The molecule has 0 aliphatic carbocycles. The summed E-state index contributed by atoms with van der Waals surface area (Å²) < 4.78 is 15.9. The lowest BCUT2D eigenvalue weighted by molar-refractivity contribution is -0.147. The smallest absolute Gasteiger partial charge is 0.307 e. The van der Waals surface area contributed by atoms with Gasteiger partial charge < -0.3 is 19.3 Å². The van der Waals surface area contributed by atoms with Crippen LogP contribution in [-0.4, -0.2) is 29.7 Å². The number of esters is 1. The minimum atomic E-state index is -0.344. The first-order chi connectivity index (χ1) is 12.4. The number of carbonyl (C=O) groups is 2. The van der Waals surface area contributed by atoms with E-state index in [1.807, 2.05) is 13.8 Å². The molecule has 0 bridgehead atoms. The van der Waals surface area contributed by atoms with Crippen molar-refractivity contribution in [3.05, 3.63) is 46.8 Å². The summed E-state index contributed by atoms with van der Waals surface area (Å²) in [5.41, 5.74) is 2.02. The molecule has 1 aromatic heterocycles. The zero-order valence-corrected chi connectivity index (χ0v) is 15.5. The van der Waals surface area contributed by atoms with Gasteiger partial charge in [-0.3, -0.25) is 9.59 Å². The zero-order valence-electron chi connectivity index (χ0n) is 15.5. The van der Waals surface area contributed by atoms with Gasteiger partial charge in [0.2, 0.25) is 0 Å². The molecule has 0 atom stereocenters. The molecule has 0 unspecified atom stereocenters. The Balaban J connectivity index is 1.95. The van der Waals surface area contributed by atoms with Crippen molar-refractivity contribution in [2.24, 2.45) is 0 Å². The Morgan fingerprint density at radius 1 is 1.23 bits per heavy atom. The van der Waals surface area contributed by atoms with E-state index in [1.54, 1.807) is 38.1 Å². The third-order valence-corrected chi connectivity index (χ3v) is 3.67. The van der Waals surface area contributed by atoms with Crippen LogP contribution in [0.3, 0.4) is 0 Å². The third-order valence-electron chi connectivity index (χ3n) is 3.67. The van der Waals surface area contributed by atoms with E-state index in [4.69, 9.17) is 14.0 Å². The van der Waals surface area contributed by atoms with Crippen LogP contribution in [0, 0.1) is 13.8 Å². The maximum atomic E-state index is 12.4. The van der Waals surface area contributed by atoms with E-state index in [0.29, 0.717) is 17.1 Å². The molecule has 26 heavy (non-hydrogen) atoms. The first-order valence-electron chi connectivity index (χ1n) is 8.49. The fraction of sp³-hybridized carbons (Fsp3) is 0.421. The number of benzene rings is 1. The molecule has 0 aliphatic rings. The van der Waals surface area contributed by atoms with Crippen LogP contribution in [0.5, 0.6) is 5.75 Å². The number of aryl methyl sites for hydroxylation is 2. The van der Waals surface area contributed by atoms with Gasteiger partial charge in [-0.25, -0.2) is 0 Å². The molecular weight excluding hydrogens is 336 g/mol. The Labute approximate surface area is 152 Å². The van der Waals surface area contributed by atoms with Gasteiger partial charge in [-0.05, 0) is 39.8 Å². The molecule has 7 heteroatoms. The first-order valence-corrected chi connectivity index (χ1v) is 8.49. The number of para-hydroxylation sites is 1. The lowest BCUT2D eigenvalue weighted by Crippen LogP contribution is -2.27. The number of nitrogens with one attached hydrogen (secondary N) is 1. The molecule has 2 aromatic rings. The molecule has 2 rings (SSSR count). The highest BCUT2D eigenvalue weighted by Gasteiger charge is 2.15. The van der Waals surface area contributed by atoms with Gasteiger partial charge in [0.15, 0.2) is 0 Å². The van der Waals surface area contributed by atoms with Crippen LogP contribution in [-0.2, 0) is 16.1 Å². The van der Waals surface area contributed by atoms with Gasteiger partial charge in [-0.15, -0.1) is 0 Å². The van der Waals surface area contributed by atoms with E-state index in [9.17, 15) is 9.59 Å². The van der Waals surface area contributed by atoms with Crippen LogP contribution < -0.4 is 10.1 Å². The monoisotopic (exact) mass is 360 g/mol. The van der Waals surface area contributed by atoms with Crippen molar-refractivity contribution in [1.82, 2.24) is 10.5 Å². The molecule has 7 nitrogen and oxygen atoms in total. The SMILES string of the molecule is Cc1noc(C)c1COc1ccccc1C(=O)NCCC(=O)OC(C)C. The predicted molar refractivity (Wildman–Crippen MR) is 94.9 cm³/mol. The highest BCUT2D eigenvalue weighted by atomic mass is 16.5. The fourth-order valence-electron chi connectivity index (χ4n) is 2.33. The van der Waals surface area contributed by atoms with E-state index in [2.05, 4.69) is 10.5 Å². The van der Waals surface area contributed by atoms with Gasteiger partial charge in [0, 0.05) is 6.54 Å². The minimum absolute atomic E-state index is 0.117. The summed E-state index contributed by atoms with van der Waals surface area (Å²) in [6, 6.07) is 6.94. The van der Waals surface area contributed by atoms with Crippen molar-refractivity contribution in [3.63, 3.8) is 0 Å². The Morgan fingerprint density at radius 3 is 2.62 bits per heavy atom. The van der Waals surface area contributed by atoms with Crippen molar-refractivity contribution >= 4 is 11.9 Å². The van der Waals surface area contributed by atoms with Crippen LogP contribution in [0.1, 0.15) is 47.6 Å². The maximum Gasteiger partial charge on any atom is 0.307 e. The average Bonchev–Trinajstić information content (AvgIpc) is 2.90. The Hall–Kier alpha value is -2.83. The Bertz CT molecular complexity index is 748. The van der Waals surface area contributed by atoms with Crippen molar-refractivity contribution in [3.8, 4) is 5.75 Å². The van der Waals surface area contributed by atoms with Crippen LogP contribution in [0.4, 0.5) is 0 Å². The summed E-state index contributed by atoms with van der Waals surface area (Å²) >= 11 is 0. The lowest BCUT2D eigenvalue weighted by Gasteiger charge is -2.12. The highest BCUT2D eigenvalue weighted by molar-refractivity contribution is 5.97. The molecule has 0 saturated carbocycles. The predicted octanol–water partition coefficient (Wildman–Crippen LogP) is 2.94.